The molecule has 0 spiro atoms. The van der Waals surface area contributed by atoms with Gasteiger partial charge in [-0.15, -0.1) is 0 Å². The second-order valence-electron chi connectivity index (χ2n) is 5.30. The fraction of sp³-hybridized carbons (Fsp3) is 0.400. The number of nitrogens with zero attached hydrogens (tertiary/aromatic N) is 1. The Bertz CT molecular complexity index is 598. The smallest absolute Gasteiger partial charge is 0.230 e. The van der Waals surface area contributed by atoms with Crippen molar-refractivity contribution in [1.82, 2.24) is 5.16 Å². The van der Waals surface area contributed by atoms with Crippen LogP contribution >= 0.6 is 0 Å². The minimum absolute atomic E-state index is 0.121. The van der Waals surface area contributed by atoms with E-state index < -0.39 is 11.6 Å². The predicted octanol–water partition coefficient (Wildman–Crippen LogP) is 4.25. The molecule has 0 amide bonds. The number of anilines is 1. The third-order valence-electron chi connectivity index (χ3n) is 3.89. The minimum Gasteiger partial charge on any atom is -0.367 e. The second kappa shape index (κ2) is 5.23. The quantitative estimate of drug-likeness (QED) is 0.893. The van der Waals surface area contributed by atoms with Crippen molar-refractivity contribution < 1.29 is 13.3 Å². The lowest BCUT2D eigenvalue weighted by atomic mass is 9.84. The van der Waals surface area contributed by atoms with Crippen LogP contribution in [0.25, 0.3) is 11.1 Å². The Hall–Kier alpha value is -1.91. The highest BCUT2D eigenvalue weighted by Crippen LogP contribution is 2.40. The highest BCUT2D eigenvalue weighted by atomic mass is 19.1. The molecule has 1 aromatic carbocycles. The van der Waals surface area contributed by atoms with Crippen molar-refractivity contribution in [3.63, 3.8) is 0 Å². The maximum atomic E-state index is 13.4. The Morgan fingerprint density at radius 1 is 1.05 bits per heavy atom. The molecule has 5 heteroatoms. The molecule has 1 aromatic heterocycles. The first kappa shape index (κ1) is 13.1. The van der Waals surface area contributed by atoms with Crippen LogP contribution in [0.5, 0.6) is 0 Å². The van der Waals surface area contributed by atoms with Crippen LogP contribution in [-0.4, -0.2) is 5.16 Å². The number of hydrogen-bond acceptors (Lipinski definition) is 3. The number of rotatable bonds is 2. The van der Waals surface area contributed by atoms with Crippen molar-refractivity contribution in [1.29, 1.82) is 0 Å². The van der Waals surface area contributed by atoms with Gasteiger partial charge in [0.1, 0.15) is 11.6 Å². The monoisotopic (exact) mass is 278 g/mol. The van der Waals surface area contributed by atoms with Gasteiger partial charge >= 0.3 is 0 Å². The third-order valence-corrected chi connectivity index (χ3v) is 3.89. The third kappa shape index (κ3) is 2.40. The zero-order valence-corrected chi connectivity index (χ0v) is 11.0. The van der Waals surface area contributed by atoms with E-state index in [0.29, 0.717) is 11.1 Å². The van der Waals surface area contributed by atoms with Crippen molar-refractivity contribution in [2.45, 2.75) is 38.0 Å². The SMILES string of the molecule is Nc1onc(C2CCCCC2)c1-c1cc(F)cc(F)c1. The van der Waals surface area contributed by atoms with Gasteiger partial charge in [0.25, 0.3) is 0 Å². The Kier molecular flexibility index (Phi) is 3.42. The van der Waals surface area contributed by atoms with Crippen LogP contribution in [0.4, 0.5) is 14.7 Å². The lowest BCUT2D eigenvalue weighted by Crippen LogP contribution is -2.06. The molecule has 0 saturated heterocycles. The molecule has 106 valence electrons. The summed E-state index contributed by atoms with van der Waals surface area (Å²) in [5, 5.41) is 4.03. The van der Waals surface area contributed by atoms with Crippen molar-refractivity contribution >= 4 is 5.88 Å². The van der Waals surface area contributed by atoms with E-state index in [4.69, 9.17) is 10.3 Å². The molecule has 3 nitrogen and oxygen atoms in total. The number of benzene rings is 1. The second-order valence-corrected chi connectivity index (χ2v) is 5.30. The molecule has 0 atom stereocenters. The van der Waals surface area contributed by atoms with E-state index in [0.717, 1.165) is 37.4 Å². The molecule has 1 aliphatic carbocycles. The van der Waals surface area contributed by atoms with E-state index in [2.05, 4.69) is 5.16 Å². The molecule has 3 rings (SSSR count). The van der Waals surface area contributed by atoms with Gasteiger partial charge in [0, 0.05) is 12.0 Å². The zero-order valence-electron chi connectivity index (χ0n) is 11.0. The van der Waals surface area contributed by atoms with Crippen LogP contribution in [0.1, 0.15) is 43.7 Å². The van der Waals surface area contributed by atoms with Crippen LogP contribution in [0.15, 0.2) is 22.7 Å². The van der Waals surface area contributed by atoms with Crippen LogP contribution in [0.3, 0.4) is 0 Å². The van der Waals surface area contributed by atoms with Gasteiger partial charge in [-0.05, 0) is 30.5 Å². The largest absolute Gasteiger partial charge is 0.367 e. The Balaban J connectivity index is 2.06. The molecule has 1 saturated carbocycles. The lowest BCUT2D eigenvalue weighted by molar-refractivity contribution is 0.388. The first-order valence-corrected chi connectivity index (χ1v) is 6.86. The summed E-state index contributed by atoms with van der Waals surface area (Å²) < 4.78 is 31.9. The molecule has 2 aromatic rings. The standard InChI is InChI=1S/C15H16F2N2O/c16-11-6-10(7-12(17)8-11)13-14(19-20-15(13)18)9-4-2-1-3-5-9/h6-9H,1-5,18H2. The van der Waals surface area contributed by atoms with Crippen molar-refractivity contribution in [3.05, 3.63) is 35.5 Å². The molecule has 1 aliphatic rings. The number of nitrogen functional groups attached to an aromatic ring is 1. The van der Waals surface area contributed by atoms with Crippen LogP contribution in [0, 0.1) is 11.6 Å². The Morgan fingerprint density at radius 3 is 2.35 bits per heavy atom. The normalized spacial score (nSPS) is 16.5. The van der Waals surface area contributed by atoms with Crippen LogP contribution < -0.4 is 5.73 Å². The summed E-state index contributed by atoms with van der Waals surface area (Å²) in [4.78, 5) is 0. The summed E-state index contributed by atoms with van der Waals surface area (Å²) >= 11 is 0. The van der Waals surface area contributed by atoms with Gasteiger partial charge in [0.05, 0.1) is 11.3 Å². The molecule has 20 heavy (non-hydrogen) atoms. The molecule has 0 unspecified atom stereocenters. The summed E-state index contributed by atoms with van der Waals surface area (Å²) in [5.74, 6) is -0.882. The van der Waals surface area contributed by atoms with E-state index in [1.54, 1.807) is 0 Å². The number of aromatic nitrogens is 1. The lowest BCUT2D eigenvalue weighted by Gasteiger charge is -2.20. The Morgan fingerprint density at radius 2 is 1.70 bits per heavy atom. The first-order chi connectivity index (χ1) is 9.65. The summed E-state index contributed by atoms with van der Waals surface area (Å²) in [6.45, 7) is 0. The Labute approximate surface area is 115 Å². The maximum absolute atomic E-state index is 13.4. The summed E-state index contributed by atoms with van der Waals surface area (Å²) in [5.41, 5.74) is 7.46. The molecule has 0 aliphatic heterocycles. The van der Waals surface area contributed by atoms with Gasteiger partial charge in [-0.25, -0.2) is 8.78 Å². The minimum atomic E-state index is -0.629. The summed E-state index contributed by atoms with van der Waals surface area (Å²) in [7, 11) is 0. The summed E-state index contributed by atoms with van der Waals surface area (Å²) in [6, 6.07) is 3.37. The van der Waals surface area contributed by atoms with Gasteiger partial charge < -0.3 is 10.3 Å². The fourth-order valence-electron chi connectivity index (χ4n) is 2.96. The van der Waals surface area contributed by atoms with E-state index in [9.17, 15) is 8.78 Å². The molecule has 1 heterocycles. The van der Waals surface area contributed by atoms with Gasteiger partial charge in [-0.2, -0.15) is 0 Å². The maximum Gasteiger partial charge on any atom is 0.230 e. The molecule has 1 fully saturated rings. The van der Waals surface area contributed by atoms with Crippen molar-refractivity contribution in [3.8, 4) is 11.1 Å². The van der Waals surface area contributed by atoms with E-state index >= 15 is 0 Å². The predicted molar refractivity (Wildman–Crippen MR) is 72.1 cm³/mol. The fourth-order valence-corrected chi connectivity index (χ4v) is 2.96. The highest BCUT2D eigenvalue weighted by Gasteiger charge is 2.25. The zero-order chi connectivity index (χ0) is 14.1. The van der Waals surface area contributed by atoms with Crippen molar-refractivity contribution in [2.75, 3.05) is 5.73 Å². The summed E-state index contributed by atoms with van der Waals surface area (Å²) in [6.07, 6.45) is 5.50. The topological polar surface area (TPSA) is 52.0 Å². The van der Waals surface area contributed by atoms with Crippen LogP contribution in [0.2, 0.25) is 0 Å². The van der Waals surface area contributed by atoms with Gasteiger partial charge in [0.2, 0.25) is 5.88 Å². The highest BCUT2D eigenvalue weighted by molar-refractivity contribution is 5.75. The van der Waals surface area contributed by atoms with E-state index in [1.165, 1.54) is 18.6 Å². The molecular formula is C15H16F2N2O. The van der Waals surface area contributed by atoms with Gasteiger partial charge in [-0.3, -0.25) is 0 Å². The van der Waals surface area contributed by atoms with Gasteiger partial charge in [0.15, 0.2) is 0 Å². The number of nitrogens with two attached hydrogens (primary N) is 1. The average Bonchev–Trinajstić information content (AvgIpc) is 2.80. The van der Waals surface area contributed by atoms with E-state index in [1.807, 2.05) is 0 Å². The molecule has 2 N–H and O–H groups in total. The van der Waals surface area contributed by atoms with Gasteiger partial charge in [-0.1, -0.05) is 24.4 Å². The number of halogens is 2. The van der Waals surface area contributed by atoms with Crippen LogP contribution in [-0.2, 0) is 0 Å². The number of hydrogen-bond donors (Lipinski definition) is 1. The molecule has 0 radical (unpaired) electrons. The average molecular weight is 278 g/mol. The molecular weight excluding hydrogens is 262 g/mol. The van der Waals surface area contributed by atoms with E-state index in [-0.39, 0.29) is 11.8 Å². The molecule has 0 bridgehead atoms. The van der Waals surface area contributed by atoms with Crippen molar-refractivity contribution in [2.24, 2.45) is 0 Å². The first-order valence-electron chi connectivity index (χ1n) is 6.86.